The lowest BCUT2D eigenvalue weighted by atomic mass is 9.86. The Balaban J connectivity index is 2.02. The SMILES string of the molecule is CCCC1OC1(c1ccc(F)cc1)c1ccc(F)cc1. The summed E-state index contributed by atoms with van der Waals surface area (Å²) in [4.78, 5) is 0. The van der Waals surface area contributed by atoms with E-state index >= 15 is 0 Å². The van der Waals surface area contributed by atoms with Gasteiger partial charge in [0.2, 0.25) is 0 Å². The summed E-state index contributed by atoms with van der Waals surface area (Å²) >= 11 is 0. The van der Waals surface area contributed by atoms with Crippen molar-refractivity contribution in [1.82, 2.24) is 0 Å². The zero-order valence-corrected chi connectivity index (χ0v) is 11.3. The predicted octanol–water partition coefficient (Wildman–Crippen LogP) is 4.41. The van der Waals surface area contributed by atoms with Crippen molar-refractivity contribution in [3.05, 3.63) is 71.3 Å². The lowest BCUT2D eigenvalue weighted by Crippen LogP contribution is -2.15. The monoisotopic (exact) mass is 274 g/mol. The van der Waals surface area contributed by atoms with Gasteiger partial charge in [0.15, 0.2) is 0 Å². The molecule has 1 saturated heterocycles. The molecule has 1 atom stereocenters. The van der Waals surface area contributed by atoms with E-state index in [9.17, 15) is 8.78 Å². The number of epoxide rings is 1. The van der Waals surface area contributed by atoms with E-state index in [0.717, 1.165) is 24.0 Å². The molecule has 1 unspecified atom stereocenters. The Labute approximate surface area is 117 Å². The van der Waals surface area contributed by atoms with Crippen LogP contribution in [0, 0.1) is 11.6 Å². The van der Waals surface area contributed by atoms with E-state index in [0.29, 0.717) is 0 Å². The van der Waals surface area contributed by atoms with Gasteiger partial charge in [-0.1, -0.05) is 37.6 Å². The lowest BCUT2D eigenvalue weighted by Gasteiger charge is -2.14. The van der Waals surface area contributed by atoms with Crippen molar-refractivity contribution in [2.45, 2.75) is 31.5 Å². The van der Waals surface area contributed by atoms with E-state index in [-0.39, 0.29) is 17.7 Å². The zero-order valence-electron chi connectivity index (χ0n) is 11.3. The average Bonchev–Trinajstić information content (AvgIpc) is 3.16. The summed E-state index contributed by atoms with van der Waals surface area (Å²) in [5, 5.41) is 0. The fourth-order valence-electron chi connectivity index (χ4n) is 2.78. The summed E-state index contributed by atoms with van der Waals surface area (Å²) in [5.74, 6) is -0.536. The maximum atomic E-state index is 13.1. The van der Waals surface area contributed by atoms with Gasteiger partial charge in [-0.25, -0.2) is 8.78 Å². The van der Waals surface area contributed by atoms with Crippen LogP contribution >= 0.6 is 0 Å². The van der Waals surface area contributed by atoms with Gasteiger partial charge in [-0.2, -0.15) is 0 Å². The smallest absolute Gasteiger partial charge is 0.145 e. The molecule has 0 N–H and O–H groups in total. The minimum atomic E-state index is -0.544. The third-order valence-electron chi connectivity index (χ3n) is 3.82. The third-order valence-corrected chi connectivity index (χ3v) is 3.82. The molecule has 0 amide bonds. The van der Waals surface area contributed by atoms with Crippen molar-refractivity contribution < 1.29 is 13.5 Å². The molecule has 1 aliphatic heterocycles. The molecular formula is C17H16F2O. The highest BCUT2D eigenvalue weighted by Crippen LogP contribution is 2.53. The lowest BCUT2D eigenvalue weighted by molar-refractivity contribution is 0.322. The van der Waals surface area contributed by atoms with E-state index in [2.05, 4.69) is 6.92 Å². The van der Waals surface area contributed by atoms with Gasteiger partial charge in [0.25, 0.3) is 0 Å². The van der Waals surface area contributed by atoms with Crippen molar-refractivity contribution in [2.24, 2.45) is 0 Å². The van der Waals surface area contributed by atoms with Crippen LogP contribution in [0.2, 0.25) is 0 Å². The van der Waals surface area contributed by atoms with Crippen LogP contribution in [-0.2, 0) is 10.3 Å². The van der Waals surface area contributed by atoms with Gasteiger partial charge in [-0.15, -0.1) is 0 Å². The maximum Gasteiger partial charge on any atom is 0.145 e. The van der Waals surface area contributed by atoms with Crippen molar-refractivity contribution in [2.75, 3.05) is 0 Å². The standard InChI is InChI=1S/C17H16F2O/c1-2-3-16-17(20-16,12-4-8-14(18)9-5-12)13-6-10-15(19)11-7-13/h4-11,16H,2-3H2,1H3. The first-order valence-electron chi connectivity index (χ1n) is 6.86. The van der Waals surface area contributed by atoms with Gasteiger partial charge in [-0.3, -0.25) is 0 Å². The molecule has 1 nitrogen and oxygen atoms in total. The Morgan fingerprint density at radius 1 is 0.900 bits per heavy atom. The number of hydrogen-bond donors (Lipinski definition) is 0. The summed E-state index contributed by atoms with van der Waals surface area (Å²) in [6, 6.07) is 12.7. The zero-order chi connectivity index (χ0) is 14.2. The normalized spacial score (nSPS) is 19.9. The predicted molar refractivity (Wildman–Crippen MR) is 73.4 cm³/mol. The van der Waals surface area contributed by atoms with Crippen LogP contribution < -0.4 is 0 Å². The molecule has 20 heavy (non-hydrogen) atoms. The largest absolute Gasteiger partial charge is 0.356 e. The second-order valence-corrected chi connectivity index (χ2v) is 5.14. The minimum absolute atomic E-state index is 0.0726. The molecule has 0 aromatic heterocycles. The second kappa shape index (κ2) is 4.98. The van der Waals surface area contributed by atoms with Crippen molar-refractivity contribution in [3.63, 3.8) is 0 Å². The van der Waals surface area contributed by atoms with Gasteiger partial charge >= 0.3 is 0 Å². The first-order valence-corrected chi connectivity index (χ1v) is 6.86. The molecular weight excluding hydrogens is 258 g/mol. The molecule has 2 aromatic rings. The number of halogens is 2. The molecule has 3 rings (SSSR count). The van der Waals surface area contributed by atoms with E-state index in [1.165, 1.54) is 24.3 Å². The molecule has 3 heteroatoms. The number of hydrogen-bond acceptors (Lipinski definition) is 1. The van der Waals surface area contributed by atoms with E-state index in [1.807, 2.05) is 0 Å². The van der Waals surface area contributed by atoms with Gasteiger partial charge in [0.05, 0.1) is 6.10 Å². The van der Waals surface area contributed by atoms with Gasteiger partial charge < -0.3 is 4.74 Å². The second-order valence-electron chi connectivity index (χ2n) is 5.14. The van der Waals surface area contributed by atoms with Gasteiger partial charge in [0.1, 0.15) is 17.2 Å². The quantitative estimate of drug-likeness (QED) is 0.752. The molecule has 1 fully saturated rings. The van der Waals surface area contributed by atoms with E-state index in [4.69, 9.17) is 4.74 Å². The summed E-state index contributed by atoms with van der Waals surface area (Å²) < 4.78 is 32.2. The summed E-state index contributed by atoms with van der Waals surface area (Å²) in [5.41, 5.74) is 1.30. The van der Waals surface area contributed by atoms with Gasteiger partial charge in [-0.05, 0) is 41.8 Å². The van der Waals surface area contributed by atoms with Crippen LogP contribution in [0.15, 0.2) is 48.5 Å². The van der Waals surface area contributed by atoms with Crippen LogP contribution in [-0.4, -0.2) is 6.10 Å². The van der Waals surface area contributed by atoms with Crippen molar-refractivity contribution in [3.8, 4) is 0 Å². The average molecular weight is 274 g/mol. The Kier molecular flexibility index (Phi) is 3.30. The molecule has 1 aliphatic rings. The van der Waals surface area contributed by atoms with Crippen LogP contribution in [0.1, 0.15) is 30.9 Å². The Bertz CT molecular complexity index is 544. The van der Waals surface area contributed by atoms with Crippen LogP contribution in [0.4, 0.5) is 8.78 Å². The van der Waals surface area contributed by atoms with Crippen LogP contribution in [0.5, 0.6) is 0 Å². The molecule has 0 radical (unpaired) electrons. The molecule has 0 aliphatic carbocycles. The Morgan fingerprint density at radius 2 is 1.35 bits per heavy atom. The first-order chi connectivity index (χ1) is 9.66. The Morgan fingerprint density at radius 3 is 1.75 bits per heavy atom. The molecule has 1 heterocycles. The Hall–Kier alpha value is -1.74. The third kappa shape index (κ3) is 2.12. The highest BCUT2D eigenvalue weighted by atomic mass is 19.1. The van der Waals surface area contributed by atoms with Crippen LogP contribution in [0.3, 0.4) is 0 Å². The fraction of sp³-hybridized carbons (Fsp3) is 0.294. The highest BCUT2D eigenvalue weighted by Gasteiger charge is 2.58. The van der Waals surface area contributed by atoms with Gasteiger partial charge in [0, 0.05) is 0 Å². The highest BCUT2D eigenvalue weighted by molar-refractivity contribution is 5.43. The van der Waals surface area contributed by atoms with E-state index < -0.39 is 5.60 Å². The molecule has 2 aromatic carbocycles. The first kappa shape index (κ1) is 13.3. The van der Waals surface area contributed by atoms with Crippen LogP contribution in [0.25, 0.3) is 0 Å². The summed E-state index contributed by atoms with van der Waals surface area (Å²) in [7, 11) is 0. The summed E-state index contributed by atoms with van der Waals surface area (Å²) in [6.45, 7) is 2.10. The van der Waals surface area contributed by atoms with Crippen molar-refractivity contribution in [1.29, 1.82) is 0 Å². The molecule has 0 bridgehead atoms. The fourth-order valence-corrected chi connectivity index (χ4v) is 2.78. The van der Waals surface area contributed by atoms with Crippen molar-refractivity contribution >= 4 is 0 Å². The number of ether oxygens (including phenoxy) is 1. The number of rotatable bonds is 4. The molecule has 104 valence electrons. The maximum absolute atomic E-state index is 13.1. The topological polar surface area (TPSA) is 12.5 Å². The molecule has 0 saturated carbocycles. The molecule has 0 spiro atoms. The minimum Gasteiger partial charge on any atom is -0.356 e. The number of benzene rings is 2. The van der Waals surface area contributed by atoms with E-state index in [1.54, 1.807) is 24.3 Å². The summed E-state index contributed by atoms with van der Waals surface area (Å²) in [6.07, 6.45) is 2.01.